The van der Waals surface area contributed by atoms with Gasteiger partial charge in [0.05, 0.1) is 12.8 Å². The Labute approximate surface area is 118 Å². The standard InChI is InChI=1S/C13H12N4O2S/c1-18-13-6-10(19-16-13)7-17-12(14)3-2-11(15-17)9-4-5-20-8-9/h2-6,8,14H,7H2,1H3. The van der Waals surface area contributed by atoms with Crippen molar-refractivity contribution in [2.75, 3.05) is 7.11 Å². The summed E-state index contributed by atoms with van der Waals surface area (Å²) in [5.74, 6) is 1.01. The first kappa shape index (κ1) is 12.6. The molecule has 0 amide bonds. The molecule has 0 aliphatic heterocycles. The Morgan fingerprint density at radius 3 is 3.00 bits per heavy atom. The van der Waals surface area contributed by atoms with E-state index in [4.69, 9.17) is 14.7 Å². The minimum Gasteiger partial charge on any atom is -0.479 e. The summed E-state index contributed by atoms with van der Waals surface area (Å²) in [4.78, 5) is 0. The summed E-state index contributed by atoms with van der Waals surface area (Å²) in [7, 11) is 1.53. The average Bonchev–Trinajstić information content (AvgIpc) is 3.12. The van der Waals surface area contributed by atoms with Gasteiger partial charge in [-0.15, -0.1) is 0 Å². The van der Waals surface area contributed by atoms with E-state index in [2.05, 4.69) is 10.3 Å². The molecule has 102 valence electrons. The molecule has 6 nitrogen and oxygen atoms in total. The van der Waals surface area contributed by atoms with Gasteiger partial charge in [-0.05, 0) is 28.7 Å². The minimum atomic E-state index is 0.305. The summed E-state index contributed by atoms with van der Waals surface area (Å²) in [5, 5.41) is 20.1. The fraction of sp³-hybridized carbons (Fsp3) is 0.154. The quantitative estimate of drug-likeness (QED) is 0.798. The van der Waals surface area contributed by atoms with Gasteiger partial charge in [-0.3, -0.25) is 5.41 Å². The molecule has 0 saturated carbocycles. The molecule has 20 heavy (non-hydrogen) atoms. The predicted molar refractivity (Wildman–Crippen MR) is 73.6 cm³/mol. The molecule has 0 atom stereocenters. The molecular weight excluding hydrogens is 276 g/mol. The van der Waals surface area contributed by atoms with E-state index in [1.165, 1.54) is 7.11 Å². The van der Waals surface area contributed by atoms with Gasteiger partial charge in [0.25, 0.3) is 5.88 Å². The Hall–Kier alpha value is -2.41. The van der Waals surface area contributed by atoms with Crippen LogP contribution in [0.5, 0.6) is 5.88 Å². The highest BCUT2D eigenvalue weighted by Crippen LogP contribution is 2.18. The highest BCUT2D eigenvalue weighted by molar-refractivity contribution is 7.08. The predicted octanol–water partition coefficient (Wildman–Crippen LogP) is 2.14. The second-order valence-corrected chi connectivity index (χ2v) is 4.89. The summed E-state index contributed by atoms with van der Waals surface area (Å²) < 4.78 is 11.7. The molecule has 0 aliphatic carbocycles. The lowest BCUT2D eigenvalue weighted by Gasteiger charge is -2.05. The van der Waals surface area contributed by atoms with Gasteiger partial charge < -0.3 is 9.26 Å². The summed E-state index contributed by atoms with van der Waals surface area (Å²) in [6, 6.07) is 7.24. The fourth-order valence-electron chi connectivity index (χ4n) is 1.76. The third-order valence-electron chi connectivity index (χ3n) is 2.77. The van der Waals surface area contributed by atoms with Crippen molar-refractivity contribution in [1.29, 1.82) is 5.41 Å². The van der Waals surface area contributed by atoms with E-state index in [0.717, 1.165) is 11.3 Å². The number of nitrogens with one attached hydrogen (secondary N) is 1. The molecule has 7 heteroatoms. The van der Waals surface area contributed by atoms with Crippen LogP contribution in [0.3, 0.4) is 0 Å². The Bertz CT molecular complexity index is 761. The van der Waals surface area contributed by atoms with E-state index in [0.29, 0.717) is 23.7 Å². The van der Waals surface area contributed by atoms with Crippen molar-refractivity contribution in [3.05, 3.63) is 46.3 Å². The molecule has 0 saturated heterocycles. The second-order valence-electron chi connectivity index (χ2n) is 4.11. The van der Waals surface area contributed by atoms with Crippen molar-refractivity contribution < 1.29 is 9.26 Å². The average molecular weight is 288 g/mol. The summed E-state index contributed by atoms with van der Waals surface area (Å²) >= 11 is 1.61. The van der Waals surface area contributed by atoms with Crippen LogP contribution in [-0.2, 0) is 6.54 Å². The van der Waals surface area contributed by atoms with Gasteiger partial charge in [0.2, 0.25) is 0 Å². The van der Waals surface area contributed by atoms with Crippen molar-refractivity contribution in [3.63, 3.8) is 0 Å². The normalized spacial score (nSPS) is 10.7. The van der Waals surface area contributed by atoms with E-state index in [9.17, 15) is 0 Å². The third kappa shape index (κ3) is 2.48. The second kappa shape index (κ2) is 5.30. The Kier molecular flexibility index (Phi) is 3.34. The first-order valence-corrected chi connectivity index (χ1v) is 6.85. The largest absolute Gasteiger partial charge is 0.479 e. The summed E-state index contributed by atoms with van der Waals surface area (Å²) in [6.07, 6.45) is 0. The van der Waals surface area contributed by atoms with E-state index in [1.54, 1.807) is 28.2 Å². The zero-order chi connectivity index (χ0) is 13.9. The van der Waals surface area contributed by atoms with E-state index in [1.807, 2.05) is 22.9 Å². The zero-order valence-electron chi connectivity index (χ0n) is 10.7. The maximum absolute atomic E-state index is 7.90. The third-order valence-corrected chi connectivity index (χ3v) is 3.46. The van der Waals surface area contributed by atoms with Gasteiger partial charge in [0, 0.05) is 17.0 Å². The maximum atomic E-state index is 7.90. The lowest BCUT2D eigenvalue weighted by atomic mass is 10.2. The number of hydrogen-bond acceptors (Lipinski definition) is 6. The number of nitrogens with zero attached hydrogens (tertiary/aromatic N) is 3. The lowest BCUT2D eigenvalue weighted by Crippen LogP contribution is -2.22. The molecule has 1 N–H and O–H groups in total. The number of aromatic nitrogens is 3. The van der Waals surface area contributed by atoms with Crippen molar-refractivity contribution in [2.45, 2.75) is 6.54 Å². The van der Waals surface area contributed by atoms with Gasteiger partial charge in [-0.2, -0.15) is 16.4 Å². The van der Waals surface area contributed by atoms with Crippen LogP contribution in [-0.4, -0.2) is 22.0 Å². The van der Waals surface area contributed by atoms with E-state index >= 15 is 0 Å². The Morgan fingerprint density at radius 1 is 1.40 bits per heavy atom. The first-order chi connectivity index (χ1) is 9.76. The molecule has 0 fully saturated rings. The fourth-order valence-corrected chi connectivity index (χ4v) is 2.41. The molecular formula is C13H12N4O2S. The number of methoxy groups -OCH3 is 1. The number of ether oxygens (including phenoxy) is 1. The summed E-state index contributed by atoms with van der Waals surface area (Å²) in [6.45, 7) is 0.340. The molecule has 0 aliphatic rings. The SMILES string of the molecule is COc1cc(Cn2nc(-c3ccsc3)ccc2=N)on1. The number of rotatable bonds is 4. The van der Waals surface area contributed by atoms with Crippen molar-refractivity contribution in [3.8, 4) is 17.1 Å². The lowest BCUT2D eigenvalue weighted by molar-refractivity contribution is 0.321. The number of thiophene rings is 1. The van der Waals surface area contributed by atoms with Crippen LogP contribution in [0.4, 0.5) is 0 Å². The molecule has 0 spiro atoms. The van der Waals surface area contributed by atoms with Crippen LogP contribution in [0.25, 0.3) is 11.3 Å². The molecule has 3 heterocycles. The van der Waals surface area contributed by atoms with Gasteiger partial charge in [-0.1, -0.05) is 0 Å². The van der Waals surface area contributed by atoms with Crippen LogP contribution in [0.15, 0.2) is 39.5 Å². The molecule has 0 bridgehead atoms. The van der Waals surface area contributed by atoms with Crippen LogP contribution in [0, 0.1) is 5.41 Å². The summed E-state index contributed by atoms with van der Waals surface area (Å²) in [5.41, 5.74) is 2.17. The monoisotopic (exact) mass is 288 g/mol. The smallest absolute Gasteiger partial charge is 0.254 e. The van der Waals surface area contributed by atoms with Crippen LogP contribution < -0.4 is 10.2 Å². The van der Waals surface area contributed by atoms with Crippen molar-refractivity contribution in [1.82, 2.24) is 14.9 Å². The Morgan fingerprint density at radius 2 is 2.30 bits per heavy atom. The van der Waals surface area contributed by atoms with Crippen molar-refractivity contribution >= 4 is 11.3 Å². The van der Waals surface area contributed by atoms with Crippen LogP contribution >= 0.6 is 11.3 Å². The topological polar surface area (TPSA) is 76.9 Å². The maximum Gasteiger partial charge on any atom is 0.254 e. The van der Waals surface area contributed by atoms with Crippen LogP contribution in [0.2, 0.25) is 0 Å². The van der Waals surface area contributed by atoms with Gasteiger partial charge in [0.1, 0.15) is 12.0 Å². The molecule has 0 radical (unpaired) electrons. The Balaban J connectivity index is 1.92. The molecule has 3 rings (SSSR count). The van der Waals surface area contributed by atoms with Crippen molar-refractivity contribution in [2.24, 2.45) is 0 Å². The minimum absolute atomic E-state index is 0.305. The van der Waals surface area contributed by atoms with Gasteiger partial charge in [0.15, 0.2) is 5.76 Å². The first-order valence-electron chi connectivity index (χ1n) is 5.91. The number of hydrogen-bond donors (Lipinski definition) is 1. The molecule has 0 aromatic carbocycles. The van der Waals surface area contributed by atoms with E-state index < -0.39 is 0 Å². The molecule has 0 unspecified atom stereocenters. The van der Waals surface area contributed by atoms with Crippen LogP contribution in [0.1, 0.15) is 5.76 Å². The zero-order valence-corrected chi connectivity index (χ0v) is 11.6. The highest BCUT2D eigenvalue weighted by atomic mass is 32.1. The molecule has 3 aromatic heterocycles. The highest BCUT2D eigenvalue weighted by Gasteiger charge is 2.07. The van der Waals surface area contributed by atoms with Gasteiger partial charge >= 0.3 is 0 Å². The van der Waals surface area contributed by atoms with Gasteiger partial charge in [-0.25, -0.2) is 4.68 Å². The molecule has 3 aromatic rings. The van der Waals surface area contributed by atoms with E-state index in [-0.39, 0.29) is 0 Å².